The number of aliphatic hydroxyl groups excluding tert-OH is 1. The van der Waals surface area contributed by atoms with Gasteiger partial charge in [0.1, 0.15) is 0 Å². The second kappa shape index (κ2) is 6.34. The molecule has 0 aromatic carbocycles. The lowest BCUT2D eigenvalue weighted by atomic mass is 10.1. The van der Waals surface area contributed by atoms with Gasteiger partial charge in [-0.1, -0.05) is 13.8 Å². The number of likely N-dealkylation sites (N-methyl/N-ethyl adjacent to an activating group) is 1. The summed E-state index contributed by atoms with van der Waals surface area (Å²) in [7, 11) is 1.99. The van der Waals surface area contributed by atoms with Gasteiger partial charge in [-0.05, 0) is 26.3 Å². The first kappa shape index (κ1) is 16.3. The van der Waals surface area contributed by atoms with Crippen molar-refractivity contribution in [2.24, 2.45) is 5.92 Å². The van der Waals surface area contributed by atoms with Crippen LogP contribution in [0, 0.1) is 5.92 Å². The van der Waals surface area contributed by atoms with Crippen LogP contribution >= 0.6 is 11.3 Å². The predicted octanol–water partition coefficient (Wildman–Crippen LogP) is 2.35. The van der Waals surface area contributed by atoms with Crippen molar-refractivity contribution in [3.05, 3.63) is 17.3 Å². The highest BCUT2D eigenvalue weighted by atomic mass is 32.1. The van der Waals surface area contributed by atoms with E-state index in [4.69, 9.17) is 4.98 Å². The van der Waals surface area contributed by atoms with Gasteiger partial charge in [-0.15, -0.1) is 11.3 Å². The van der Waals surface area contributed by atoms with Crippen molar-refractivity contribution < 1.29 is 5.11 Å². The van der Waals surface area contributed by atoms with E-state index in [9.17, 15) is 5.11 Å². The number of nitrogens with zero attached hydrogens (tertiary/aromatic N) is 3. The molecule has 2 aromatic rings. The monoisotopic (exact) mass is 310 g/mol. The Morgan fingerprint density at radius 1 is 1.48 bits per heavy atom. The zero-order valence-electron chi connectivity index (χ0n) is 13.6. The van der Waals surface area contributed by atoms with Crippen LogP contribution in [-0.4, -0.2) is 40.2 Å². The van der Waals surface area contributed by atoms with E-state index >= 15 is 0 Å². The van der Waals surface area contributed by atoms with Crippen LogP contribution in [0.4, 0.5) is 5.82 Å². The summed E-state index contributed by atoms with van der Waals surface area (Å²) in [5.74, 6) is 1.56. The molecule has 6 heteroatoms. The highest BCUT2D eigenvalue weighted by Crippen LogP contribution is 2.28. The van der Waals surface area contributed by atoms with Gasteiger partial charge >= 0.3 is 0 Å². The summed E-state index contributed by atoms with van der Waals surface area (Å²) in [6.45, 7) is 10.3. The first-order valence-corrected chi connectivity index (χ1v) is 8.24. The summed E-state index contributed by atoms with van der Waals surface area (Å²) in [5, 5.41) is 15.1. The molecule has 118 valence electrons. The molecule has 0 atom stereocenters. The highest BCUT2D eigenvalue weighted by Gasteiger charge is 2.27. The summed E-state index contributed by atoms with van der Waals surface area (Å²) in [6, 6.07) is 0. The highest BCUT2D eigenvalue weighted by molar-refractivity contribution is 7.15. The fraction of sp³-hybridized carbons (Fsp3) is 0.667. The third kappa shape index (κ3) is 3.39. The van der Waals surface area contributed by atoms with Crippen LogP contribution in [0.15, 0.2) is 11.6 Å². The summed E-state index contributed by atoms with van der Waals surface area (Å²) >= 11 is 1.63. The molecule has 5 nitrogen and oxygen atoms in total. The second-order valence-corrected chi connectivity index (χ2v) is 7.37. The molecule has 0 fully saturated rings. The maximum atomic E-state index is 9.60. The van der Waals surface area contributed by atoms with E-state index in [1.54, 1.807) is 11.3 Å². The van der Waals surface area contributed by atoms with Crippen molar-refractivity contribution in [3.63, 3.8) is 0 Å². The van der Waals surface area contributed by atoms with Crippen molar-refractivity contribution in [2.45, 2.75) is 39.8 Å². The molecule has 0 aliphatic heterocycles. The third-order valence-electron chi connectivity index (χ3n) is 3.80. The predicted molar refractivity (Wildman–Crippen MR) is 89.2 cm³/mol. The Hall–Kier alpha value is -1.11. The van der Waals surface area contributed by atoms with Crippen LogP contribution in [0.3, 0.4) is 0 Å². The maximum absolute atomic E-state index is 9.60. The third-order valence-corrected chi connectivity index (χ3v) is 4.55. The van der Waals surface area contributed by atoms with Gasteiger partial charge < -0.3 is 15.3 Å². The molecule has 2 rings (SSSR count). The maximum Gasteiger partial charge on any atom is 0.195 e. The summed E-state index contributed by atoms with van der Waals surface area (Å²) in [6.07, 6.45) is 2.06. The van der Waals surface area contributed by atoms with Crippen molar-refractivity contribution in [1.82, 2.24) is 14.7 Å². The number of fused-ring (bicyclic) bond motifs is 1. The van der Waals surface area contributed by atoms with Gasteiger partial charge in [-0.25, -0.2) is 4.98 Å². The Kier molecular flexibility index (Phi) is 4.91. The van der Waals surface area contributed by atoms with Gasteiger partial charge in [0.2, 0.25) is 0 Å². The Labute approximate surface area is 130 Å². The van der Waals surface area contributed by atoms with Crippen LogP contribution in [0.25, 0.3) is 4.96 Å². The lowest BCUT2D eigenvalue weighted by molar-refractivity contribution is 0.215. The lowest BCUT2D eigenvalue weighted by Crippen LogP contribution is -2.45. The molecule has 0 saturated heterocycles. The molecule has 2 N–H and O–H groups in total. The van der Waals surface area contributed by atoms with Gasteiger partial charge in [0, 0.05) is 25.2 Å². The minimum atomic E-state index is -0.336. The molecular formula is C15H26N4OS. The molecule has 0 unspecified atom stereocenters. The Morgan fingerprint density at radius 2 is 2.19 bits per heavy atom. The van der Waals surface area contributed by atoms with E-state index in [0.717, 1.165) is 29.6 Å². The average molecular weight is 310 g/mol. The number of aliphatic hydroxyl groups is 1. The van der Waals surface area contributed by atoms with Gasteiger partial charge in [0.25, 0.3) is 0 Å². The molecule has 0 spiro atoms. The van der Waals surface area contributed by atoms with E-state index in [1.165, 1.54) is 0 Å². The molecule has 0 radical (unpaired) electrons. The van der Waals surface area contributed by atoms with Gasteiger partial charge in [-0.2, -0.15) is 0 Å². The van der Waals surface area contributed by atoms with E-state index in [2.05, 4.69) is 40.0 Å². The molecule has 2 aromatic heterocycles. The molecule has 0 amide bonds. The number of nitrogens with one attached hydrogen (secondary N) is 1. The van der Waals surface area contributed by atoms with Crippen molar-refractivity contribution >= 4 is 22.1 Å². The zero-order chi connectivity index (χ0) is 15.6. The molecule has 0 aliphatic carbocycles. The van der Waals surface area contributed by atoms with Gasteiger partial charge in [0.05, 0.1) is 17.8 Å². The first-order chi connectivity index (χ1) is 9.86. The fourth-order valence-electron chi connectivity index (χ4n) is 2.13. The van der Waals surface area contributed by atoms with Crippen LogP contribution in [0.5, 0.6) is 0 Å². The zero-order valence-corrected chi connectivity index (χ0v) is 14.4. The smallest absolute Gasteiger partial charge is 0.195 e. The summed E-state index contributed by atoms with van der Waals surface area (Å²) < 4.78 is 2.14. The normalized spacial score (nSPS) is 12.5. The minimum absolute atomic E-state index is 0.0908. The topological polar surface area (TPSA) is 52.8 Å². The molecule has 0 aliphatic rings. The first-order valence-electron chi connectivity index (χ1n) is 7.36. The van der Waals surface area contributed by atoms with Crippen molar-refractivity contribution in [3.8, 4) is 0 Å². The number of hydrogen-bond acceptors (Lipinski definition) is 5. The molecule has 21 heavy (non-hydrogen) atoms. The van der Waals surface area contributed by atoms with E-state index in [-0.39, 0.29) is 12.1 Å². The second-order valence-electron chi connectivity index (χ2n) is 6.49. The van der Waals surface area contributed by atoms with E-state index in [1.807, 2.05) is 20.9 Å². The van der Waals surface area contributed by atoms with Crippen molar-refractivity contribution in [2.75, 3.05) is 25.1 Å². The lowest BCUT2D eigenvalue weighted by Gasteiger charge is -2.34. The molecule has 0 saturated carbocycles. The quantitative estimate of drug-likeness (QED) is 0.824. The SMILES string of the molecule is CC(C)CNCc1c(N(C)C(C)(C)CO)nc2sccn12. The minimum Gasteiger partial charge on any atom is -0.394 e. The summed E-state index contributed by atoms with van der Waals surface area (Å²) in [4.78, 5) is 7.80. The Bertz CT molecular complexity index is 588. The van der Waals surface area contributed by atoms with Crippen LogP contribution < -0.4 is 10.2 Å². The average Bonchev–Trinajstić information content (AvgIpc) is 2.99. The van der Waals surface area contributed by atoms with Gasteiger partial charge in [0.15, 0.2) is 10.8 Å². The Morgan fingerprint density at radius 3 is 2.81 bits per heavy atom. The molecule has 0 bridgehead atoms. The van der Waals surface area contributed by atoms with Crippen LogP contribution in [0.2, 0.25) is 0 Å². The number of thiazole rings is 1. The Balaban J connectivity index is 2.31. The largest absolute Gasteiger partial charge is 0.394 e. The fourth-order valence-corrected chi connectivity index (χ4v) is 2.85. The van der Waals surface area contributed by atoms with Crippen LogP contribution in [-0.2, 0) is 6.54 Å². The van der Waals surface area contributed by atoms with Gasteiger partial charge in [-0.3, -0.25) is 4.40 Å². The number of imidazole rings is 1. The number of anilines is 1. The van der Waals surface area contributed by atoms with Crippen LogP contribution in [0.1, 0.15) is 33.4 Å². The van der Waals surface area contributed by atoms with E-state index in [0.29, 0.717) is 5.92 Å². The standard InChI is InChI=1S/C15H26N4OS/c1-11(2)8-16-9-12-13(18(5)15(3,4)10-20)17-14-19(12)6-7-21-14/h6-7,11,16,20H,8-10H2,1-5H3. The number of rotatable bonds is 7. The molecule has 2 heterocycles. The summed E-state index contributed by atoms with van der Waals surface area (Å²) in [5.41, 5.74) is 0.813. The number of hydrogen-bond donors (Lipinski definition) is 2. The van der Waals surface area contributed by atoms with E-state index < -0.39 is 0 Å². The van der Waals surface area contributed by atoms with Crippen molar-refractivity contribution in [1.29, 1.82) is 0 Å². The number of aromatic nitrogens is 2. The molecular weight excluding hydrogens is 284 g/mol.